The number of carbonyl (C=O) groups is 2. The Balaban J connectivity index is 2.08. The van der Waals surface area contributed by atoms with Crippen molar-refractivity contribution >= 4 is 55.6 Å². The summed E-state index contributed by atoms with van der Waals surface area (Å²) in [6, 6.07) is 1.72. The lowest BCUT2D eigenvalue weighted by molar-refractivity contribution is 0.0529. The number of hydrogen-bond donors (Lipinski definition) is 2. The van der Waals surface area contributed by atoms with Crippen molar-refractivity contribution in [3.8, 4) is 0 Å². The van der Waals surface area contributed by atoms with Crippen molar-refractivity contribution in [3.05, 3.63) is 33.8 Å². The fraction of sp³-hybridized carbons (Fsp3) is 0.200. The molecule has 0 saturated carbocycles. The Morgan fingerprint density at radius 1 is 1.33 bits per heavy atom. The molecule has 0 aliphatic heterocycles. The Kier molecular flexibility index (Phi) is 4.45. The third kappa shape index (κ3) is 2.95. The summed E-state index contributed by atoms with van der Waals surface area (Å²) in [5.74, 6) is -0.518. The molecule has 3 aromatic heterocycles. The number of carbonyl (C=O) groups excluding carboxylic acids is 2. The first kappa shape index (κ1) is 16.3. The maximum Gasteiger partial charge on any atom is 0.339 e. The maximum atomic E-state index is 12.1. The Morgan fingerprint density at radius 3 is 2.83 bits per heavy atom. The average molecular weight is 362 g/mol. The van der Waals surface area contributed by atoms with Gasteiger partial charge in [0.1, 0.15) is 22.0 Å². The number of anilines is 2. The van der Waals surface area contributed by atoms with Gasteiger partial charge in [-0.3, -0.25) is 4.79 Å². The highest BCUT2D eigenvalue weighted by molar-refractivity contribution is 7.17. The van der Waals surface area contributed by atoms with E-state index in [1.54, 1.807) is 18.4 Å². The molecule has 0 aliphatic rings. The Labute approximate surface area is 145 Å². The van der Waals surface area contributed by atoms with E-state index in [1.165, 1.54) is 29.0 Å². The number of aromatic nitrogens is 2. The van der Waals surface area contributed by atoms with Crippen molar-refractivity contribution in [2.24, 2.45) is 5.73 Å². The molecule has 3 aromatic rings. The molecule has 0 aromatic carbocycles. The summed E-state index contributed by atoms with van der Waals surface area (Å²) in [4.78, 5) is 33.7. The highest BCUT2D eigenvalue weighted by Gasteiger charge is 2.20. The van der Waals surface area contributed by atoms with E-state index in [4.69, 9.17) is 10.5 Å². The van der Waals surface area contributed by atoms with Crippen LogP contribution in [0.2, 0.25) is 0 Å². The number of rotatable bonds is 5. The molecule has 0 fully saturated rings. The SMILES string of the molecule is CCOC(=O)c1csc2ncnc(Nc3sc(C)cc3C(N)=O)c12. The van der Waals surface area contributed by atoms with Gasteiger partial charge in [-0.05, 0) is 19.9 Å². The second-order valence-corrected chi connectivity index (χ2v) is 6.98. The quantitative estimate of drug-likeness (QED) is 0.675. The van der Waals surface area contributed by atoms with Gasteiger partial charge in [0.15, 0.2) is 0 Å². The highest BCUT2D eigenvalue weighted by atomic mass is 32.1. The smallest absolute Gasteiger partial charge is 0.339 e. The largest absolute Gasteiger partial charge is 0.462 e. The number of fused-ring (bicyclic) bond motifs is 1. The van der Waals surface area contributed by atoms with E-state index in [2.05, 4.69) is 15.3 Å². The molecule has 0 unspecified atom stereocenters. The van der Waals surface area contributed by atoms with Gasteiger partial charge in [0, 0.05) is 10.3 Å². The first-order valence-corrected chi connectivity index (χ1v) is 8.77. The van der Waals surface area contributed by atoms with Crippen molar-refractivity contribution in [3.63, 3.8) is 0 Å². The first-order chi connectivity index (χ1) is 11.5. The van der Waals surface area contributed by atoms with Crippen LogP contribution in [0.4, 0.5) is 10.8 Å². The van der Waals surface area contributed by atoms with Crippen molar-refractivity contribution in [1.29, 1.82) is 0 Å². The number of primary amides is 1. The molecule has 3 heterocycles. The minimum atomic E-state index is -0.525. The van der Waals surface area contributed by atoms with Crippen molar-refractivity contribution < 1.29 is 14.3 Å². The van der Waals surface area contributed by atoms with E-state index in [-0.39, 0.29) is 6.61 Å². The van der Waals surface area contributed by atoms with Crippen molar-refractivity contribution in [1.82, 2.24) is 9.97 Å². The molecule has 7 nitrogen and oxygen atoms in total. The van der Waals surface area contributed by atoms with Crippen LogP contribution >= 0.6 is 22.7 Å². The molecule has 0 spiro atoms. The number of esters is 1. The molecule has 0 radical (unpaired) electrons. The van der Waals surface area contributed by atoms with Gasteiger partial charge < -0.3 is 15.8 Å². The van der Waals surface area contributed by atoms with Gasteiger partial charge in [0.2, 0.25) is 0 Å². The van der Waals surface area contributed by atoms with Crippen LogP contribution in [-0.2, 0) is 4.74 Å². The Bertz CT molecular complexity index is 932. The Morgan fingerprint density at radius 2 is 2.12 bits per heavy atom. The van der Waals surface area contributed by atoms with E-state index < -0.39 is 11.9 Å². The molecule has 0 aliphatic carbocycles. The number of nitrogens with one attached hydrogen (secondary N) is 1. The standard InChI is InChI=1S/C15H14N4O3S2/c1-3-22-15(21)9-5-23-14-10(9)12(17-6-18-14)19-13-8(11(16)20)4-7(2)24-13/h4-6H,3H2,1-2H3,(H2,16,20)(H,17,18,19). The molecular weight excluding hydrogens is 348 g/mol. The number of nitrogens with zero attached hydrogens (tertiary/aromatic N) is 2. The van der Waals surface area contributed by atoms with Crippen LogP contribution in [0.3, 0.4) is 0 Å². The number of amides is 1. The molecule has 3 rings (SSSR count). The normalized spacial score (nSPS) is 10.8. The lowest BCUT2D eigenvalue weighted by Gasteiger charge is -2.07. The zero-order valence-corrected chi connectivity index (χ0v) is 14.6. The zero-order valence-electron chi connectivity index (χ0n) is 13.0. The zero-order chi connectivity index (χ0) is 17.3. The summed E-state index contributed by atoms with van der Waals surface area (Å²) in [6.45, 7) is 3.91. The summed E-state index contributed by atoms with van der Waals surface area (Å²) in [6.07, 6.45) is 1.40. The van der Waals surface area contributed by atoms with Gasteiger partial charge in [0.05, 0.1) is 23.1 Å². The van der Waals surface area contributed by atoms with E-state index in [9.17, 15) is 9.59 Å². The van der Waals surface area contributed by atoms with E-state index in [0.29, 0.717) is 32.2 Å². The van der Waals surface area contributed by atoms with Gasteiger partial charge in [-0.1, -0.05) is 0 Å². The maximum absolute atomic E-state index is 12.1. The number of hydrogen-bond acceptors (Lipinski definition) is 8. The summed E-state index contributed by atoms with van der Waals surface area (Å²) in [5.41, 5.74) is 6.20. The molecule has 0 bridgehead atoms. The molecule has 0 saturated heterocycles. The fourth-order valence-electron chi connectivity index (χ4n) is 2.23. The van der Waals surface area contributed by atoms with Crippen LogP contribution < -0.4 is 11.1 Å². The Hall–Kier alpha value is -2.52. The van der Waals surface area contributed by atoms with Gasteiger partial charge in [-0.25, -0.2) is 14.8 Å². The molecule has 24 heavy (non-hydrogen) atoms. The monoisotopic (exact) mass is 362 g/mol. The fourth-order valence-corrected chi connectivity index (χ4v) is 4.02. The third-order valence-corrected chi connectivity index (χ3v) is 5.07. The molecule has 9 heteroatoms. The van der Waals surface area contributed by atoms with E-state index >= 15 is 0 Å². The van der Waals surface area contributed by atoms with Crippen LogP contribution in [0.1, 0.15) is 32.5 Å². The van der Waals surface area contributed by atoms with Crippen LogP contribution in [0.25, 0.3) is 10.2 Å². The number of ether oxygens (including phenoxy) is 1. The third-order valence-electron chi connectivity index (χ3n) is 3.22. The summed E-state index contributed by atoms with van der Waals surface area (Å²) in [7, 11) is 0. The van der Waals surface area contributed by atoms with Gasteiger partial charge in [0.25, 0.3) is 5.91 Å². The molecule has 0 atom stereocenters. The number of nitrogens with two attached hydrogens (primary N) is 1. The highest BCUT2D eigenvalue weighted by Crippen LogP contribution is 2.35. The van der Waals surface area contributed by atoms with Gasteiger partial charge in [-0.15, -0.1) is 22.7 Å². The van der Waals surface area contributed by atoms with Gasteiger partial charge in [-0.2, -0.15) is 0 Å². The molecule has 3 N–H and O–H groups in total. The van der Waals surface area contributed by atoms with Crippen molar-refractivity contribution in [2.45, 2.75) is 13.8 Å². The first-order valence-electron chi connectivity index (χ1n) is 7.07. The number of aryl methyl sites for hydroxylation is 1. The second-order valence-electron chi connectivity index (χ2n) is 4.86. The predicted molar refractivity (Wildman–Crippen MR) is 94.2 cm³/mol. The van der Waals surface area contributed by atoms with Crippen molar-refractivity contribution in [2.75, 3.05) is 11.9 Å². The lowest BCUT2D eigenvalue weighted by atomic mass is 10.2. The van der Waals surface area contributed by atoms with E-state index in [0.717, 1.165) is 4.88 Å². The summed E-state index contributed by atoms with van der Waals surface area (Å²) in [5, 5.41) is 5.95. The second kappa shape index (κ2) is 6.54. The van der Waals surface area contributed by atoms with Gasteiger partial charge >= 0.3 is 5.97 Å². The predicted octanol–water partition coefficient (Wildman–Crippen LogP) is 3.08. The summed E-state index contributed by atoms with van der Waals surface area (Å²) >= 11 is 2.72. The summed E-state index contributed by atoms with van der Waals surface area (Å²) < 4.78 is 5.08. The van der Waals surface area contributed by atoms with Crippen LogP contribution in [0.5, 0.6) is 0 Å². The minimum Gasteiger partial charge on any atom is -0.462 e. The number of thiophene rings is 2. The van der Waals surface area contributed by atoms with E-state index in [1.807, 2.05) is 6.92 Å². The molecule has 124 valence electrons. The van der Waals surface area contributed by atoms with Crippen LogP contribution in [-0.4, -0.2) is 28.5 Å². The molecule has 1 amide bonds. The topological polar surface area (TPSA) is 107 Å². The average Bonchev–Trinajstić information content (AvgIpc) is 3.12. The van der Waals surface area contributed by atoms with Crippen LogP contribution in [0.15, 0.2) is 17.8 Å². The minimum absolute atomic E-state index is 0.280. The lowest BCUT2D eigenvalue weighted by Crippen LogP contribution is -2.12. The molecular formula is C15H14N4O3S2. The van der Waals surface area contributed by atoms with Crippen LogP contribution in [0, 0.1) is 6.92 Å².